The van der Waals surface area contributed by atoms with Crippen molar-refractivity contribution in [2.24, 2.45) is 0 Å². The summed E-state index contributed by atoms with van der Waals surface area (Å²) in [6.07, 6.45) is 1.53. The van der Waals surface area contributed by atoms with Crippen LogP contribution in [0.3, 0.4) is 0 Å². The van der Waals surface area contributed by atoms with E-state index < -0.39 is 4.92 Å². The summed E-state index contributed by atoms with van der Waals surface area (Å²) < 4.78 is 10.9. The Morgan fingerprint density at radius 2 is 1.89 bits per heavy atom. The van der Waals surface area contributed by atoms with Crippen molar-refractivity contribution in [3.05, 3.63) is 63.2 Å². The topological polar surface area (TPSA) is 90.7 Å². The van der Waals surface area contributed by atoms with Crippen LogP contribution in [0.25, 0.3) is 0 Å². The number of halogens is 1. The molecule has 0 atom stereocenters. The maximum absolute atomic E-state index is 12.5. The van der Waals surface area contributed by atoms with Crippen molar-refractivity contribution in [3.8, 4) is 11.5 Å². The maximum atomic E-state index is 12.5. The van der Waals surface area contributed by atoms with E-state index in [4.69, 9.17) is 21.1 Å². The first-order chi connectivity index (χ1) is 12.9. The van der Waals surface area contributed by atoms with Crippen molar-refractivity contribution in [1.29, 1.82) is 0 Å². The van der Waals surface area contributed by atoms with Crippen LogP contribution >= 0.6 is 11.6 Å². The standard InChI is InChI=1S/C19H19ClN2O5/c1-19(8-10-26-11-9-19)21-18(23)13-2-5-15(6-3-13)27-17-7-4-14(20)12-16(17)22(24)25/h2-7,12H,8-11H2,1H3,(H,21,23). The zero-order chi connectivity index (χ0) is 19.4. The molecule has 2 aromatic carbocycles. The summed E-state index contributed by atoms with van der Waals surface area (Å²) in [5, 5.41) is 14.4. The minimum Gasteiger partial charge on any atom is -0.450 e. The average molecular weight is 391 g/mol. The van der Waals surface area contributed by atoms with Gasteiger partial charge in [-0.15, -0.1) is 0 Å². The number of nitro benzene ring substituents is 1. The molecule has 0 bridgehead atoms. The molecule has 142 valence electrons. The fourth-order valence-electron chi connectivity index (χ4n) is 2.81. The van der Waals surface area contributed by atoms with Crippen LogP contribution < -0.4 is 10.1 Å². The van der Waals surface area contributed by atoms with Gasteiger partial charge in [-0.3, -0.25) is 14.9 Å². The lowest BCUT2D eigenvalue weighted by Gasteiger charge is -2.34. The van der Waals surface area contributed by atoms with Gasteiger partial charge in [0.25, 0.3) is 5.91 Å². The Morgan fingerprint density at radius 1 is 1.22 bits per heavy atom. The number of hydrogen-bond acceptors (Lipinski definition) is 5. The second-order valence-electron chi connectivity index (χ2n) is 6.62. The van der Waals surface area contributed by atoms with E-state index in [1.165, 1.54) is 18.2 Å². The predicted molar refractivity (Wildman–Crippen MR) is 101 cm³/mol. The van der Waals surface area contributed by atoms with Gasteiger partial charge in [-0.25, -0.2) is 0 Å². The second kappa shape index (κ2) is 7.94. The lowest BCUT2D eigenvalue weighted by molar-refractivity contribution is -0.385. The molecule has 2 aromatic rings. The van der Waals surface area contributed by atoms with E-state index in [-0.39, 0.29) is 27.9 Å². The highest BCUT2D eigenvalue weighted by atomic mass is 35.5. The van der Waals surface area contributed by atoms with Crippen molar-refractivity contribution in [2.45, 2.75) is 25.3 Å². The number of nitrogens with zero attached hydrogens (tertiary/aromatic N) is 1. The molecule has 7 nitrogen and oxygen atoms in total. The second-order valence-corrected chi connectivity index (χ2v) is 7.06. The van der Waals surface area contributed by atoms with Gasteiger partial charge in [-0.1, -0.05) is 11.6 Å². The van der Waals surface area contributed by atoms with E-state index in [2.05, 4.69) is 5.32 Å². The molecule has 0 spiro atoms. The largest absolute Gasteiger partial charge is 0.450 e. The number of amides is 1. The highest BCUT2D eigenvalue weighted by Crippen LogP contribution is 2.33. The fraction of sp³-hybridized carbons (Fsp3) is 0.316. The Morgan fingerprint density at radius 3 is 2.52 bits per heavy atom. The van der Waals surface area contributed by atoms with Crippen LogP contribution in [0, 0.1) is 10.1 Å². The Hall–Kier alpha value is -2.64. The lowest BCUT2D eigenvalue weighted by atomic mass is 9.92. The van der Waals surface area contributed by atoms with E-state index in [0.717, 1.165) is 12.8 Å². The zero-order valence-electron chi connectivity index (χ0n) is 14.7. The highest BCUT2D eigenvalue weighted by Gasteiger charge is 2.29. The first-order valence-corrected chi connectivity index (χ1v) is 8.86. The average Bonchev–Trinajstić information content (AvgIpc) is 2.64. The third-order valence-electron chi connectivity index (χ3n) is 4.47. The van der Waals surface area contributed by atoms with Crippen molar-refractivity contribution in [1.82, 2.24) is 5.32 Å². The van der Waals surface area contributed by atoms with Gasteiger partial charge in [-0.2, -0.15) is 0 Å². The maximum Gasteiger partial charge on any atom is 0.313 e. The molecule has 0 aromatic heterocycles. The zero-order valence-corrected chi connectivity index (χ0v) is 15.5. The Kier molecular flexibility index (Phi) is 5.62. The van der Waals surface area contributed by atoms with E-state index in [9.17, 15) is 14.9 Å². The summed E-state index contributed by atoms with van der Waals surface area (Å²) in [5.41, 5.74) is -0.0218. The molecular formula is C19H19ClN2O5. The Balaban J connectivity index is 1.70. The van der Waals surface area contributed by atoms with Crippen molar-refractivity contribution in [3.63, 3.8) is 0 Å². The van der Waals surface area contributed by atoms with Crippen LogP contribution in [0.4, 0.5) is 5.69 Å². The molecule has 1 saturated heterocycles. The van der Waals surface area contributed by atoms with Crippen molar-refractivity contribution >= 4 is 23.2 Å². The summed E-state index contributed by atoms with van der Waals surface area (Å²) in [6.45, 7) is 3.26. The number of nitrogens with one attached hydrogen (secondary N) is 1. The van der Waals surface area contributed by atoms with E-state index in [1.807, 2.05) is 6.92 Å². The molecule has 1 aliphatic heterocycles. The SMILES string of the molecule is CC1(NC(=O)c2ccc(Oc3ccc(Cl)cc3[N+](=O)[O-])cc2)CCOCC1. The van der Waals surface area contributed by atoms with Gasteiger partial charge >= 0.3 is 5.69 Å². The van der Waals surface area contributed by atoms with E-state index in [1.54, 1.807) is 24.3 Å². The molecule has 0 aliphatic carbocycles. The van der Waals surface area contributed by atoms with Gasteiger partial charge in [0.2, 0.25) is 5.75 Å². The molecule has 1 fully saturated rings. The van der Waals surface area contributed by atoms with Gasteiger partial charge in [0, 0.05) is 35.4 Å². The lowest BCUT2D eigenvalue weighted by Crippen LogP contribution is -2.49. The molecule has 0 radical (unpaired) electrons. The Labute approximate surface area is 161 Å². The summed E-state index contributed by atoms with van der Waals surface area (Å²) in [5.74, 6) is 0.286. The summed E-state index contributed by atoms with van der Waals surface area (Å²) in [7, 11) is 0. The third-order valence-corrected chi connectivity index (χ3v) is 4.71. The Bertz CT molecular complexity index is 848. The van der Waals surface area contributed by atoms with Crippen LogP contribution in [0.5, 0.6) is 11.5 Å². The number of hydrogen-bond donors (Lipinski definition) is 1. The number of ether oxygens (including phenoxy) is 2. The van der Waals surface area contributed by atoms with Gasteiger partial charge in [0.15, 0.2) is 0 Å². The predicted octanol–water partition coefficient (Wildman–Crippen LogP) is 4.34. The molecule has 27 heavy (non-hydrogen) atoms. The minimum atomic E-state index is -0.558. The molecular weight excluding hydrogens is 372 g/mol. The molecule has 1 amide bonds. The van der Waals surface area contributed by atoms with Crippen LogP contribution in [-0.4, -0.2) is 29.6 Å². The number of benzene rings is 2. The molecule has 1 heterocycles. The van der Waals surface area contributed by atoms with Crippen LogP contribution in [0.15, 0.2) is 42.5 Å². The van der Waals surface area contributed by atoms with Crippen LogP contribution in [0.2, 0.25) is 5.02 Å². The molecule has 3 rings (SSSR count). The van der Waals surface area contributed by atoms with E-state index in [0.29, 0.717) is 24.5 Å². The minimum absolute atomic E-state index is 0.0799. The number of carbonyl (C=O) groups excluding carboxylic acids is 1. The molecule has 8 heteroatoms. The van der Waals surface area contributed by atoms with Gasteiger partial charge < -0.3 is 14.8 Å². The van der Waals surface area contributed by atoms with Gasteiger partial charge in [0.05, 0.1) is 4.92 Å². The molecule has 1 N–H and O–H groups in total. The number of carbonyl (C=O) groups is 1. The van der Waals surface area contributed by atoms with Gasteiger partial charge in [0.1, 0.15) is 5.75 Å². The smallest absolute Gasteiger partial charge is 0.313 e. The number of rotatable bonds is 5. The molecule has 0 unspecified atom stereocenters. The van der Waals surface area contributed by atoms with Crippen LogP contribution in [0.1, 0.15) is 30.1 Å². The first-order valence-electron chi connectivity index (χ1n) is 8.48. The van der Waals surface area contributed by atoms with Crippen molar-refractivity contribution < 1.29 is 19.2 Å². The van der Waals surface area contributed by atoms with Gasteiger partial charge in [-0.05, 0) is 56.2 Å². The summed E-state index contributed by atoms with van der Waals surface area (Å²) in [6, 6.07) is 10.6. The van der Waals surface area contributed by atoms with E-state index >= 15 is 0 Å². The molecule has 1 aliphatic rings. The fourth-order valence-corrected chi connectivity index (χ4v) is 2.98. The summed E-state index contributed by atoms with van der Waals surface area (Å²) >= 11 is 5.80. The highest BCUT2D eigenvalue weighted by molar-refractivity contribution is 6.30. The first kappa shape index (κ1) is 19.1. The van der Waals surface area contributed by atoms with Crippen LogP contribution in [-0.2, 0) is 4.74 Å². The number of nitro groups is 1. The van der Waals surface area contributed by atoms with Crippen molar-refractivity contribution in [2.75, 3.05) is 13.2 Å². The molecule has 0 saturated carbocycles. The third kappa shape index (κ3) is 4.75. The monoisotopic (exact) mass is 390 g/mol. The quantitative estimate of drug-likeness (QED) is 0.605. The normalized spacial score (nSPS) is 15.8. The summed E-state index contributed by atoms with van der Waals surface area (Å²) in [4.78, 5) is 23.0.